The van der Waals surface area contributed by atoms with E-state index in [9.17, 15) is 0 Å². The summed E-state index contributed by atoms with van der Waals surface area (Å²) in [4.78, 5) is 2.39. The van der Waals surface area contributed by atoms with Crippen LogP contribution >= 0.6 is 0 Å². The lowest BCUT2D eigenvalue weighted by atomic mass is 10.1. The second-order valence-electron chi connectivity index (χ2n) is 4.83. The summed E-state index contributed by atoms with van der Waals surface area (Å²) < 4.78 is 0. The minimum absolute atomic E-state index is 1.05. The largest absolute Gasteiger partial charge is 0.317 e. The van der Waals surface area contributed by atoms with Crippen molar-refractivity contribution in [3.05, 3.63) is 35.4 Å². The molecule has 96 valence electrons. The minimum atomic E-state index is 1.05. The number of rotatable bonds is 8. The summed E-state index contributed by atoms with van der Waals surface area (Å²) in [6, 6.07) is 8.77. The molecule has 1 aromatic rings. The van der Waals surface area contributed by atoms with Crippen LogP contribution in [0.15, 0.2) is 24.3 Å². The summed E-state index contributed by atoms with van der Waals surface area (Å²) >= 11 is 0. The number of nitrogens with zero attached hydrogens (tertiary/aromatic N) is 1. The highest BCUT2D eigenvalue weighted by atomic mass is 15.1. The number of benzene rings is 1. The van der Waals surface area contributed by atoms with Crippen LogP contribution in [0.1, 0.15) is 30.9 Å². The minimum Gasteiger partial charge on any atom is -0.317 e. The zero-order valence-corrected chi connectivity index (χ0v) is 11.5. The van der Waals surface area contributed by atoms with E-state index < -0.39 is 0 Å². The molecular formula is C15H26N2. The van der Waals surface area contributed by atoms with E-state index in [0.29, 0.717) is 0 Å². The van der Waals surface area contributed by atoms with Gasteiger partial charge >= 0.3 is 0 Å². The Morgan fingerprint density at radius 2 is 2.06 bits per heavy atom. The molecule has 0 fully saturated rings. The van der Waals surface area contributed by atoms with Crippen LogP contribution in [0.4, 0.5) is 0 Å². The fraction of sp³-hybridized carbons (Fsp3) is 0.600. The molecule has 0 saturated heterocycles. The van der Waals surface area contributed by atoms with E-state index in [1.54, 1.807) is 0 Å². The van der Waals surface area contributed by atoms with Crippen molar-refractivity contribution >= 4 is 0 Å². The highest BCUT2D eigenvalue weighted by Gasteiger charge is 2.00. The van der Waals surface area contributed by atoms with Crippen LogP contribution in [0.2, 0.25) is 0 Å². The van der Waals surface area contributed by atoms with Gasteiger partial charge in [0.2, 0.25) is 0 Å². The number of hydrogen-bond acceptors (Lipinski definition) is 2. The monoisotopic (exact) mass is 234 g/mol. The second kappa shape index (κ2) is 8.26. The smallest absolute Gasteiger partial charge is 0.0230 e. The zero-order chi connectivity index (χ0) is 12.5. The van der Waals surface area contributed by atoms with Crippen molar-refractivity contribution in [2.75, 3.05) is 26.7 Å². The Kier molecular flexibility index (Phi) is 6.90. The molecule has 0 bridgehead atoms. The molecule has 0 spiro atoms. The maximum Gasteiger partial charge on any atom is 0.0230 e. The van der Waals surface area contributed by atoms with Gasteiger partial charge in [-0.05, 0) is 52.0 Å². The summed E-state index contributed by atoms with van der Waals surface area (Å²) in [6.07, 6.45) is 2.45. The first kappa shape index (κ1) is 14.2. The van der Waals surface area contributed by atoms with Crippen molar-refractivity contribution in [3.63, 3.8) is 0 Å². The first-order valence-corrected chi connectivity index (χ1v) is 6.67. The third kappa shape index (κ3) is 6.44. The van der Waals surface area contributed by atoms with Crippen molar-refractivity contribution < 1.29 is 0 Å². The van der Waals surface area contributed by atoms with Crippen LogP contribution in [-0.2, 0) is 6.54 Å². The summed E-state index contributed by atoms with van der Waals surface area (Å²) in [7, 11) is 2.20. The van der Waals surface area contributed by atoms with Crippen molar-refractivity contribution in [1.82, 2.24) is 10.2 Å². The van der Waals surface area contributed by atoms with Gasteiger partial charge in [-0.15, -0.1) is 0 Å². The molecule has 0 aliphatic carbocycles. The molecule has 0 unspecified atom stereocenters. The Labute approximate surface area is 106 Å². The van der Waals surface area contributed by atoms with Crippen molar-refractivity contribution in [2.45, 2.75) is 33.2 Å². The lowest BCUT2D eigenvalue weighted by Gasteiger charge is -2.17. The first-order chi connectivity index (χ1) is 8.22. The molecular weight excluding hydrogens is 208 g/mol. The van der Waals surface area contributed by atoms with Crippen molar-refractivity contribution in [1.29, 1.82) is 0 Å². The summed E-state index contributed by atoms with van der Waals surface area (Å²) in [5.74, 6) is 0. The third-order valence-corrected chi connectivity index (χ3v) is 2.86. The van der Waals surface area contributed by atoms with Crippen LogP contribution < -0.4 is 5.32 Å². The molecule has 2 heteroatoms. The average molecular weight is 234 g/mol. The molecule has 17 heavy (non-hydrogen) atoms. The topological polar surface area (TPSA) is 15.3 Å². The van der Waals surface area contributed by atoms with Crippen LogP contribution in [-0.4, -0.2) is 31.6 Å². The lowest BCUT2D eigenvalue weighted by Crippen LogP contribution is -2.24. The van der Waals surface area contributed by atoms with Crippen molar-refractivity contribution in [2.24, 2.45) is 0 Å². The standard InChI is InChI=1S/C15H26N2/c1-4-9-16-10-6-11-17(3)13-15-8-5-7-14(2)12-15/h5,7-8,12,16H,4,6,9-11,13H2,1-3H3. The zero-order valence-electron chi connectivity index (χ0n) is 11.5. The van der Waals surface area contributed by atoms with Crippen molar-refractivity contribution in [3.8, 4) is 0 Å². The Morgan fingerprint density at radius 3 is 2.76 bits per heavy atom. The summed E-state index contributed by atoms with van der Waals surface area (Å²) in [6.45, 7) is 8.84. The van der Waals surface area contributed by atoms with E-state index in [2.05, 4.69) is 55.4 Å². The lowest BCUT2D eigenvalue weighted by molar-refractivity contribution is 0.319. The van der Waals surface area contributed by atoms with Crippen LogP contribution in [0, 0.1) is 6.92 Å². The number of hydrogen-bond donors (Lipinski definition) is 1. The van der Waals surface area contributed by atoms with Gasteiger partial charge in [0, 0.05) is 6.54 Å². The molecule has 1 N–H and O–H groups in total. The highest BCUT2D eigenvalue weighted by Crippen LogP contribution is 2.06. The summed E-state index contributed by atoms with van der Waals surface area (Å²) in [5.41, 5.74) is 2.76. The Balaban J connectivity index is 2.18. The normalized spacial score (nSPS) is 11.1. The molecule has 1 aromatic carbocycles. The van der Waals surface area contributed by atoms with Gasteiger partial charge in [0.25, 0.3) is 0 Å². The fourth-order valence-electron chi connectivity index (χ4n) is 1.98. The molecule has 0 radical (unpaired) electrons. The Morgan fingerprint density at radius 1 is 1.24 bits per heavy atom. The van der Waals surface area contributed by atoms with Gasteiger partial charge in [0.05, 0.1) is 0 Å². The van der Waals surface area contributed by atoms with Gasteiger partial charge in [0.1, 0.15) is 0 Å². The van der Waals surface area contributed by atoms with Gasteiger partial charge in [-0.2, -0.15) is 0 Å². The number of nitrogens with one attached hydrogen (secondary N) is 1. The van der Waals surface area contributed by atoms with E-state index in [1.807, 2.05) is 0 Å². The predicted octanol–water partition coefficient (Wildman–Crippen LogP) is 2.82. The number of aryl methyl sites for hydroxylation is 1. The van der Waals surface area contributed by atoms with E-state index in [0.717, 1.165) is 26.2 Å². The Hall–Kier alpha value is -0.860. The van der Waals surface area contributed by atoms with Gasteiger partial charge in [-0.25, -0.2) is 0 Å². The fourth-order valence-corrected chi connectivity index (χ4v) is 1.98. The molecule has 0 amide bonds. The molecule has 0 heterocycles. The molecule has 0 aliphatic rings. The van der Waals surface area contributed by atoms with Crippen LogP contribution in [0.5, 0.6) is 0 Å². The SMILES string of the molecule is CCCNCCCN(C)Cc1cccc(C)c1. The summed E-state index contributed by atoms with van der Waals surface area (Å²) in [5, 5.41) is 3.44. The second-order valence-corrected chi connectivity index (χ2v) is 4.83. The van der Waals surface area contributed by atoms with Gasteiger partial charge in [-0.3, -0.25) is 0 Å². The van der Waals surface area contributed by atoms with Gasteiger partial charge in [-0.1, -0.05) is 36.8 Å². The van der Waals surface area contributed by atoms with Crippen LogP contribution in [0.25, 0.3) is 0 Å². The molecule has 1 rings (SSSR count). The molecule has 0 aromatic heterocycles. The highest BCUT2D eigenvalue weighted by molar-refractivity contribution is 5.21. The predicted molar refractivity (Wildman–Crippen MR) is 75.3 cm³/mol. The molecule has 0 saturated carbocycles. The van der Waals surface area contributed by atoms with Gasteiger partial charge in [0.15, 0.2) is 0 Å². The maximum absolute atomic E-state index is 3.44. The van der Waals surface area contributed by atoms with E-state index in [4.69, 9.17) is 0 Å². The van der Waals surface area contributed by atoms with E-state index in [-0.39, 0.29) is 0 Å². The van der Waals surface area contributed by atoms with E-state index >= 15 is 0 Å². The quantitative estimate of drug-likeness (QED) is 0.696. The molecule has 0 aliphatic heterocycles. The average Bonchev–Trinajstić information content (AvgIpc) is 2.29. The van der Waals surface area contributed by atoms with Gasteiger partial charge < -0.3 is 10.2 Å². The molecule has 0 atom stereocenters. The maximum atomic E-state index is 3.44. The molecule has 2 nitrogen and oxygen atoms in total. The third-order valence-electron chi connectivity index (χ3n) is 2.86. The van der Waals surface area contributed by atoms with E-state index in [1.165, 1.54) is 24.0 Å². The van der Waals surface area contributed by atoms with Crippen LogP contribution in [0.3, 0.4) is 0 Å². The Bertz CT molecular complexity index is 310. The first-order valence-electron chi connectivity index (χ1n) is 6.67.